The summed E-state index contributed by atoms with van der Waals surface area (Å²) in [4.78, 5) is 0. The Morgan fingerprint density at radius 1 is 1.25 bits per heavy atom. The maximum absolute atomic E-state index is 11.9. The minimum Gasteiger partial charge on any atom is -0.404 e. The Kier molecular flexibility index (Phi) is 4.74. The zero-order chi connectivity index (χ0) is 12.2. The second-order valence-corrected chi connectivity index (χ2v) is 3.89. The molecule has 1 aromatic carbocycles. The molecular formula is C10H9Cl2F3O. The van der Waals surface area contributed by atoms with Gasteiger partial charge in [-0.3, -0.25) is 0 Å². The number of halogens is 5. The smallest absolute Gasteiger partial charge is 0.404 e. The first-order chi connectivity index (χ1) is 7.42. The minimum absolute atomic E-state index is 0.0515. The summed E-state index contributed by atoms with van der Waals surface area (Å²) in [5.74, 6) is 0.113. The third kappa shape index (κ3) is 4.49. The highest BCUT2D eigenvalue weighted by molar-refractivity contribution is 6.32. The minimum atomic E-state index is -4.72. The van der Waals surface area contributed by atoms with E-state index in [2.05, 4.69) is 4.74 Å². The van der Waals surface area contributed by atoms with Gasteiger partial charge in [-0.2, -0.15) is 0 Å². The van der Waals surface area contributed by atoms with Gasteiger partial charge in [-0.25, -0.2) is 0 Å². The van der Waals surface area contributed by atoms with Crippen LogP contribution in [0.25, 0.3) is 0 Å². The highest BCUT2D eigenvalue weighted by Crippen LogP contribution is 2.30. The number of hydrogen-bond acceptors (Lipinski definition) is 1. The van der Waals surface area contributed by atoms with Crippen LogP contribution in [0.2, 0.25) is 5.02 Å². The predicted molar refractivity (Wildman–Crippen MR) is 57.2 cm³/mol. The molecule has 0 radical (unpaired) electrons. The number of hydrogen-bond donors (Lipinski definition) is 0. The summed E-state index contributed by atoms with van der Waals surface area (Å²) in [6.07, 6.45) is -3.30. The van der Waals surface area contributed by atoms with Crippen LogP contribution < -0.4 is 4.74 Å². The molecule has 16 heavy (non-hydrogen) atoms. The molecule has 0 N–H and O–H groups in total. The first-order valence-electron chi connectivity index (χ1n) is 4.52. The Hall–Kier alpha value is -0.610. The highest BCUT2D eigenvalue weighted by Gasteiger charge is 2.31. The van der Waals surface area contributed by atoms with E-state index in [4.69, 9.17) is 23.2 Å². The lowest BCUT2D eigenvalue weighted by atomic mass is 10.1. The first-order valence-corrected chi connectivity index (χ1v) is 5.44. The zero-order valence-corrected chi connectivity index (χ0v) is 9.66. The van der Waals surface area contributed by atoms with Crippen molar-refractivity contribution in [1.29, 1.82) is 0 Å². The molecule has 0 aromatic heterocycles. The molecule has 90 valence electrons. The van der Waals surface area contributed by atoms with E-state index in [1.165, 1.54) is 12.1 Å². The molecule has 0 aliphatic heterocycles. The van der Waals surface area contributed by atoms with Gasteiger partial charge in [-0.15, -0.1) is 24.8 Å². The molecule has 1 aromatic rings. The van der Waals surface area contributed by atoms with Gasteiger partial charge in [0.1, 0.15) is 5.75 Å². The molecular weight excluding hydrogens is 264 g/mol. The Morgan fingerprint density at radius 3 is 2.44 bits per heavy atom. The van der Waals surface area contributed by atoms with Gasteiger partial charge in [0, 0.05) is 5.88 Å². The van der Waals surface area contributed by atoms with E-state index >= 15 is 0 Å². The molecule has 0 spiro atoms. The lowest BCUT2D eigenvalue weighted by Crippen LogP contribution is -2.17. The summed E-state index contributed by atoms with van der Waals surface area (Å²) in [7, 11) is 0. The summed E-state index contributed by atoms with van der Waals surface area (Å²) in [5.41, 5.74) is 0.833. The van der Waals surface area contributed by atoms with Crippen LogP contribution in [-0.4, -0.2) is 12.2 Å². The van der Waals surface area contributed by atoms with Crippen molar-refractivity contribution in [3.63, 3.8) is 0 Å². The van der Waals surface area contributed by atoms with Gasteiger partial charge < -0.3 is 4.74 Å². The van der Waals surface area contributed by atoms with Gasteiger partial charge in [0.15, 0.2) is 0 Å². The Morgan fingerprint density at radius 2 is 1.94 bits per heavy atom. The fourth-order valence-electron chi connectivity index (χ4n) is 1.18. The van der Waals surface area contributed by atoms with Crippen molar-refractivity contribution in [3.05, 3.63) is 28.8 Å². The van der Waals surface area contributed by atoms with Gasteiger partial charge in [0.05, 0.1) is 5.02 Å². The number of benzene rings is 1. The number of rotatable bonds is 4. The highest BCUT2D eigenvalue weighted by atomic mass is 35.5. The van der Waals surface area contributed by atoms with Crippen molar-refractivity contribution in [1.82, 2.24) is 0 Å². The molecule has 0 bridgehead atoms. The Bertz CT molecular complexity index is 352. The molecule has 0 saturated heterocycles. The van der Waals surface area contributed by atoms with E-state index in [0.717, 1.165) is 12.0 Å². The van der Waals surface area contributed by atoms with Crippen molar-refractivity contribution >= 4 is 23.2 Å². The van der Waals surface area contributed by atoms with Crippen LogP contribution in [-0.2, 0) is 6.42 Å². The molecule has 0 aliphatic carbocycles. The number of alkyl halides is 4. The quantitative estimate of drug-likeness (QED) is 0.738. The van der Waals surface area contributed by atoms with Crippen LogP contribution in [0.5, 0.6) is 5.75 Å². The second kappa shape index (κ2) is 5.64. The Labute approximate surface area is 101 Å². The monoisotopic (exact) mass is 272 g/mol. The van der Waals surface area contributed by atoms with E-state index in [0.29, 0.717) is 12.3 Å². The van der Waals surface area contributed by atoms with E-state index in [9.17, 15) is 13.2 Å². The number of aryl methyl sites for hydroxylation is 1. The van der Waals surface area contributed by atoms with Crippen molar-refractivity contribution in [3.8, 4) is 5.75 Å². The Balaban J connectivity index is 2.75. The van der Waals surface area contributed by atoms with E-state index in [-0.39, 0.29) is 10.8 Å². The van der Waals surface area contributed by atoms with Gasteiger partial charge in [-0.1, -0.05) is 17.7 Å². The van der Waals surface area contributed by atoms with Crippen LogP contribution >= 0.6 is 23.2 Å². The molecule has 1 rings (SSSR count). The number of ether oxygens (including phenoxy) is 1. The van der Waals surface area contributed by atoms with E-state index < -0.39 is 6.36 Å². The summed E-state index contributed by atoms with van der Waals surface area (Å²) in [6.45, 7) is 0. The normalized spacial score (nSPS) is 11.6. The summed E-state index contributed by atoms with van der Waals surface area (Å²) < 4.78 is 39.5. The van der Waals surface area contributed by atoms with Crippen molar-refractivity contribution in [2.45, 2.75) is 19.2 Å². The van der Waals surface area contributed by atoms with Crippen molar-refractivity contribution in [2.24, 2.45) is 0 Å². The molecule has 0 heterocycles. The average Bonchev–Trinajstić information content (AvgIpc) is 2.17. The van der Waals surface area contributed by atoms with Crippen LogP contribution in [0, 0.1) is 0 Å². The maximum atomic E-state index is 11.9. The SMILES string of the molecule is FC(F)(F)Oc1ccc(CCCCl)cc1Cl. The summed E-state index contributed by atoms with van der Waals surface area (Å²) in [6, 6.07) is 4.20. The maximum Gasteiger partial charge on any atom is 0.573 e. The second-order valence-electron chi connectivity index (χ2n) is 3.11. The van der Waals surface area contributed by atoms with Crippen LogP contribution in [0.1, 0.15) is 12.0 Å². The van der Waals surface area contributed by atoms with Crippen LogP contribution in [0.3, 0.4) is 0 Å². The largest absolute Gasteiger partial charge is 0.573 e. The van der Waals surface area contributed by atoms with Gasteiger partial charge in [0.25, 0.3) is 0 Å². The topological polar surface area (TPSA) is 9.23 Å². The van der Waals surface area contributed by atoms with Crippen molar-refractivity contribution < 1.29 is 17.9 Å². The molecule has 0 fully saturated rings. The summed E-state index contributed by atoms with van der Waals surface area (Å²) >= 11 is 11.2. The lowest BCUT2D eigenvalue weighted by molar-refractivity contribution is -0.274. The lowest BCUT2D eigenvalue weighted by Gasteiger charge is -2.11. The third-order valence-corrected chi connectivity index (χ3v) is 2.38. The molecule has 1 nitrogen and oxygen atoms in total. The zero-order valence-electron chi connectivity index (χ0n) is 8.15. The van der Waals surface area contributed by atoms with Crippen LogP contribution in [0.4, 0.5) is 13.2 Å². The molecule has 0 atom stereocenters. The molecule has 0 amide bonds. The predicted octanol–water partition coefficient (Wildman–Crippen LogP) is 4.41. The van der Waals surface area contributed by atoms with Gasteiger partial charge in [0.2, 0.25) is 0 Å². The van der Waals surface area contributed by atoms with Crippen molar-refractivity contribution in [2.75, 3.05) is 5.88 Å². The fourth-order valence-corrected chi connectivity index (χ4v) is 1.55. The third-order valence-electron chi connectivity index (χ3n) is 1.82. The van der Waals surface area contributed by atoms with Crippen LogP contribution in [0.15, 0.2) is 18.2 Å². The van der Waals surface area contributed by atoms with E-state index in [1.807, 2.05) is 0 Å². The standard InChI is InChI=1S/C10H9Cl2F3O/c11-5-1-2-7-3-4-9(8(12)6-7)16-10(13,14)15/h3-4,6H,1-2,5H2. The summed E-state index contributed by atoms with van der Waals surface area (Å²) in [5, 5.41) is -0.0515. The molecule has 0 aliphatic rings. The molecule has 6 heteroatoms. The van der Waals surface area contributed by atoms with E-state index in [1.54, 1.807) is 6.07 Å². The van der Waals surface area contributed by atoms with Gasteiger partial charge >= 0.3 is 6.36 Å². The molecule has 0 saturated carbocycles. The average molecular weight is 273 g/mol. The molecule has 0 unspecified atom stereocenters. The van der Waals surface area contributed by atoms with Gasteiger partial charge in [-0.05, 0) is 30.5 Å². The first kappa shape index (κ1) is 13.5. The fraction of sp³-hybridized carbons (Fsp3) is 0.400.